The summed E-state index contributed by atoms with van der Waals surface area (Å²) in [5.74, 6) is 0. The molecule has 0 N–H and O–H groups in total. The lowest BCUT2D eigenvalue weighted by Gasteiger charge is -2.20. The maximum absolute atomic E-state index is 5.22. The van der Waals surface area contributed by atoms with Crippen molar-refractivity contribution in [2.75, 3.05) is 20.3 Å². The highest BCUT2D eigenvalue weighted by Crippen LogP contribution is 2.17. The average Bonchev–Trinajstić information content (AvgIpc) is 2.76. The zero-order chi connectivity index (χ0) is 12.1. The molecule has 1 aliphatic heterocycles. The average molecular weight is 232 g/mol. The highest BCUT2D eigenvalue weighted by Gasteiger charge is 2.22. The SMILES string of the molecule is COC[C@H]1CCCN1/N=C/c1ccccc1C. The second-order valence-electron chi connectivity index (χ2n) is 4.52. The van der Waals surface area contributed by atoms with Gasteiger partial charge in [-0.05, 0) is 30.9 Å². The maximum Gasteiger partial charge on any atom is 0.0704 e. The standard InChI is InChI=1S/C14H20N2O/c1-12-6-3-4-7-13(12)10-15-16-9-5-8-14(16)11-17-2/h3-4,6-7,10,14H,5,8-9,11H2,1-2H3/b15-10+/t14-/m1/s1. The molecule has 1 aromatic rings. The van der Waals surface area contributed by atoms with Crippen LogP contribution < -0.4 is 0 Å². The topological polar surface area (TPSA) is 24.8 Å². The summed E-state index contributed by atoms with van der Waals surface area (Å²) < 4.78 is 5.22. The first-order chi connectivity index (χ1) is 8.31. The molecule has 0 aliphatic carbocycles. The lowest BCUT2D eigenvalue weighted by atomic mass is 10.1. The van der Waals surface area contributed by atoms with Gasteiger partial charge in [-0.1, -0.05) is 24.3 Å². The summed E-state index contributed by atoms with van der Waals surface area (Å²) >= 11 is 0. The number of hydrazone groups is 1. The molecule has 0 radical (unpaired) electrons. The molecule has 2 rings (SSSR count). The van der Waals surface area contributed by atoms with Crippen molar-refractivity contribution in [2.24, 2.45) is 5.10 Å². The Kier molecular flexibility index (Phi) is 4.15. The van der Waals surface area contributed by atoms with Crippen molar-refractivity contribution in [1.29, 1.82) is 0 Å². The van der Waals surface area contributed by atoms with Crippen molar-refractivity contribution in [3.8, 4) is 0 Å². The molecule has 1 aromatic carbocycles. The van der Waals surface area contributed by atoms with Crippen LogP contribution in [0.1, 0.15) is 24.0 Å². The van der Waals surface area contributed by atoms with Gasteiger partial charge in [-0.3, -0.25) is 5.01 Å². The summed E-state index contributed by atoms with van der Waals surface area (Å²) in [5, 5.41) is 6.73. The van der Waals surface area contributed by atoms with Gasteiger partial charge in [0.2, 0.25) is 0 Å². The van der Waals surface area contributed by atoms with Crippen LogP contribution in [0, 0.1) is 6.92 Å². The Labute approximate surface area is 103 Å². The molecule has 1 fully saturated rings. The molecule has 1 heterocycles. The normalized spacial score (nSPS) is 20.4. The molecule has 0 bridgehead atoms. The van der Waals surface area contributed by atoms with Crippen LogP contribution in [0.4, 0.5) is 0 Å². The van der Waals surface area contributed by atoms with Gasteiger partial charge in [0.1, 0.15) is 0 Å². The van der Waals surface area contributed by atoms with Crippen LogP contribution in [0.5, 0.6) is 0 Å². The van der Waals surface area contributed by atoms with Crippen molar-refractivity contribution < 1.29 is 4.74 Å². The van der Waals surface area contributed by atoms with Gasteiger partial charge in [0.05, 0.1) is 18.9 Å². The largest absolute Gasteiger partial charge is 0.382 e. The highest BCUT2D eigenvalue weighted by atomic mass is 16.5. The number of rotatable bonds is 4. The molecule has 0 aromatic heterocycles. The number of benzene rings is 1. The first-order valence-corrected chi connectivity index (χ1v) is 6.16. The fourth-order valence-corrected chi connectivity index (χ4v) is 2.20. The molecule has 3 nitrogen and oxygen atoms in total. The molecule has 0 amide bonds. The fraction of sp³-hybridized carbons (Fsp3) is 0.500. The van der Waals surface area contributed by atoms with Crippen molar-refractivity contribution >= 4 is 6.21 Å². The summed E-state index contributed by atoms with van der Waals surface area (Å²) in [5.41, 5.74) is 2.45. The minimum Gasteiger partial charge on any atom is -0.382 e. The summed E-state index contributed by atoms with van der Waals surface area (Å²) in [6, 6.07) is 8.75. The van der Waals surface area contributed by atoms with Crippen LogP contribution in [0.25, 0.3) is 0 Å². The molecule has 0 unspecified atom stereocenters. The molecular weight excluding hydrogens is 212 g/mol. The minimum absolute atomic E-state index is 0.445. The van der Waals surface area contributed by atoms with E-state index in [2.05, 4.69) is 35.2 Å². The molecule has 1 saturated heterocycles. The number of methoxy groups -OCH3 is 1. The molecular formula is C14H20N2O. The number of hydrogen-bond acceptors (Lipinski definition) is 3. The van der Waals surface area contributed by atoms with Crippen LogP contribution in [0.15, 0.2) is 29.4 Å². The Bertz CT molecular complexity index is 390. The number of nitrogens with zero attached hydrogens (tertiary/aromatic N) is 2. The van der Waals surface area contributed by atoms with E-state index in [1.165, 1.54) is 24.0 Å². The van der Waals surface area contributed by atoms with E-state index in [1.54, 1.807) is 7.11 Å². The van der Waals surface area contributed by atoms with Gasteiger partial charge >= 0.3 is 0 Å². The molecule has 1 atom stereocenters. The quantitative estimate of drug-likeness (QED) is 0.745. The third-order valence-corrected chi connectivity index (χ3v) is 3.24. The fourth-order valence-electron chi connectivity index (χ4n) is 2.20. The number of ether oxygens (including phenoxy) is 1. The van der Waals surface area contributed by atoms with Crippen molar-refractivity contribution in [1.82, 2.24) is 5.01 Å². The Hall–Kier alpha value is -1.35. The van der Waals surface area contributed by atoms with E-state index in [0.29, 0.717) is 6.04 Å². The van der Waals surface area contributed by atoms with Gasteiger partial charge in [-0.2, -0.15) is 5.10 Å². The summed E-state index contributed by atoms with van der Waals surface area (Å²) in [6.45, 7) is 3.92. The molecule has 17 heavy (non-hydrogen) atoms. The summed E-state index contributed by atoms with van der Waals surface area (Å²) in [7, 11) is 1.75. The van der Waals surface area contributed by atoms with E-state index in [1.807, 2.05) is 12.3 Å². The number of aryl methyl sites for hydroxylation is 1. The van der Waals surface area contributed by atoms with Crippen molar-refractivity contribution in [2.45, 2.75) is 25.8 Å². The third-order valence-electron chi connectivity index (χ3n) is 3.24. The van der Waals surface area contributed by atoms with Gasteiger partial charge in [-0.15, -0.1) is 0 Å². The van der Waals surface area contributed by atoms with Gasteiger partial charge in [0, 0.05) is 13.7 Å². The van der Waals surface area contributed by atoms with E-state index in [-0.39, 0.29) is 0 Å². The Morgan fingerprint density at radius 3 is 3.06 bits per heavy atom. The third kappa shape index (κ3) is 3.07. The monoisotopic (exact) mass is 232 g/mol. The van der Waals surface area contributed by atoms with E-state index in [0.717, 1.165) is 13.2 Å². The van der Waals surface area contributed by atoms with E-state index >= 15 is 0 Å². The Balaban J connectivity index is 2.03. The molecule has 0 saturated carbocycles. The number of hydrogen-bond donors (Lipinski definition) is 0. The lowest BCUT2D eigenvalue weighted by Crippen LogP contribution is -2.28. The van der Waals surface area contributed by atoms with Crippen LogP contribution in [0.2, 0.25) is 0 Å². The Morgan fingerprint density at radius 1 is 1.47 bits per heavy atom. The van der Waals surface area contributed by atoms with Crippen molar-refractivity contribution in [3.63, 3.8) is 0 Å². The highest BCUT2D eigenvalue weighted by molar-refractivity contribution is 5.81. The predicted octanol–water partition coefficient (Wildman–Crippen LogP) is 2.44. The molecule has 3 heteroatoms. The minimum atomic E-state index is 0.445. The van der Waals surface area contributed by atoms with Crippen LogP contribution in [0.3, 0.4) is 0 Å². The molecule has 1 aliphatic rings. The summed E-state index contributed by atoms with van der Waals surface area (Å²) in [6.07, 6.45) is 4.35. The van der Waals surface area contributed by atoms with Crippen LogP contribution in [-0.2, 0) is 4.74 Å². The van der Waals surface area contributed by atoms with Gasteiger partial charge in [0.25, 0.3) is 0 Å². The lowest BCUT2D eigenvalue weighted by molar-refractivity contribution is 0.118. The second kappa shape index (κ2) is 5.82. The second-order valence-corrected chi connectivity index (χ2v) is 4.52. The Morgan fingerprint density at radius 2 is 2.29 bits per heavy atom. The maximum atomic E-state index is 5.22. The molecule has 92 valence electrons. The van der Waals surface area contributed by atoms with E-state index < -0.39 is 0 Å². The van der Waals surface area contributed by atoms with Crippen LogP contribution in [-0.4, -0.2) is 37.5 Å². The smallest absolute Gasteiger partial charge is 0.0704 e. The van der Waals surface area contributed by atoms with Gasteiger partial charge < -0.3 is 4.74 Å². The first-order valence-electron chi connectivity index (χ1n) is 6.16. The predicted molar refractivity (Wildman–Crippen MR) is 70.4 cm³/mol. The van der Waals surface area contributed by atoms with Crippen molar-refractivity contribution in [3.05, 3.63) is 35.4 Å². The zero-order valence-electron chi connectivity index (χ0n) is 10.6. The van der Waals surface area contributed by atoms with Gasteiger partial charge in [0.15, 0.2) is 0 Å². The van der Waals surface area contributed by atoms with Gasteiger partial charge in [-0.25, -0.2) is 0 Å². The van der Waals surface area contributed by atoms with Crippen LogP contribution >= 0.6 is 0 Å². The zero-order valence-corrected chi connectivity index (χ0v) is 10.6. The van der Waals surface area contributed by atoms with E-state index in [4.69, 9.17) is 4.74 Å². The summed E-state index contributed by atoms with van der Waals surface area (Å²) in [4.78, 5) is 0. The van der Waals surface area contributed by atoms with E-state index in [9.17, 15) is 0 Å². The first kappa shape index (κ1) is 12.1. The molecule has 0 spiro atoms.